The van der Waals surface area contributed by atoms with Gasteiger partial charge >= 0.3 is 0 Å². The van der Waals surface area contributed by atoms with Gasteiger partial charge in [-0.25, -0.2) is 0 Å². The SMILES string of the molecule is O=C(CN1C(=O)COc2ccc([N+](=O)[O-])cc21)Nc1ccc(NC2CCCCC2)cc1. The predicted octanol–water partition coefficient (Wildman–Crippen LogP) is 3.70. The molecule has 9 nitrogen and oxygen atoms in total. The molecule has 1 aliphatic heterocycles. The Hall–Kier alpha value is -3.62. The third-order valence-corrected chi connectivity index (χ3v) is 5.54. The lowest BCUT2D eigenvalue weighted by atomic mass is 9.95. The van der Waals surface area contributed by atoms with E-state index in [0.717, 1.165) is 5.69 Å². The summed E-state index contributed by atoms with van der Waals surface area (Å²) in [5.41, 5.74) is 1.66. The van der Waals surface area contributed by atoms with Crippen molar-refractivity contribution in [3.8, 4) is 5.75 Å². The molecule has 1 saturated carbocycles. The van der Waals surface area contributed by atoms with Crippen molar-refractivity contribution < 1.29 is 19.2 Å². The number of carbonyl (C=O) groups excluding carboxylic acids is 2. The molecule has 2 amide bonds. The lowest BCUT2D eigenvalue weighted by molar-refractivity contribution is -0.384. The molecule has 0 unspecified atom stereocenters. The zero-order valence-corrected chi connectivity index (χ0v) is 17.0. The second-order valence-corrected chi connectivity index (χ2v) is 7.78. The van der Waals surface area contributed by atoms with Crippen LogP contribution in [0.15, 0.2) is 42.5 Å². The van der Waals surface area contributed by atoms with Gasteiger partial charge in [0.2, 0.25) is 5.91 Å². The van der Waals surface area contributed by atoms with Gasteiger partial charge in [0.25, 0.3) is 11.6 Å². The standard InChI is InChI=1S/C22H24N4O5/c27-21(24-17-8-6-16(7-9-17)23-15-4-2-1-3-5-15)13-25-19-12-18(26(29)30)10-11-20(19)31-14-22(25)28/h6-12,15,23H,1-5,13-14H2,(H,24,27). The Kier molecular flexibility index (Phi) is 6.01. The molecule has 1 fully saturated rings. The van der Waals surface area contributed by atoms with Crippen molar-refractivity contribution >= 4 is 34.6 Å². The van der Waals surface area contributed by atoms with Gasteiger partial charge in [-0.1, -0.05) is 19.3 Å². The van der Waals surface area contributed by atoms with E-state index in [2.05, 4.69) is 10.6 Å². The fourth-order valence-electron chi connectivity index (χ4n) is 3.95. The number of anilines is 3. The Morgan fingerprint density at radius 2 is 1.81 bits per heavy atom. The normalized spacial score (nSPS) is 16.3. The summed E-state index contributed by atoms with van der Waals surface area (Å²) in [6, 6.07) is 11.9. The highest BCUT2D eigenvalue weighted by Gasteiger charge is 2.29. The summed E-state index contributed by atoms with van der Waals surface area (Å²) in [5.74, 6) is -0.507. The maximum absolute atomic E-state index is 12.6. The molecule has 2 aromatic rings. The van der Waals surface area contributed by atoms with Crippen molar-refractivity contribution in [2.45, 2.75) is 38.1 Å². The molecule has 1 heterocycles. The van der Waals surface area contributed by atoms with Gasteiger partial charge < -0.3 is 15.4 Å². The number of rotatable bonds is 6. The highest BCUT2D eigenvalue weighted by molar-refractivity contribution is 6.05. The second-order valence-electron chi connectivity index (χ2n) is 7.78. The van der Waals surface area contributed by atoms with Crippen LogP contribution in [0.25, 0.3) is 0 Å². The van der Waals surface area contributed by atoms with Gasteiger partial charge in [0, 0.05) is 29.5 Å². The summed E-state index contributed by atoms with van der Waals surface area (Å²) in [6.07, 6.45) is 6.14. The van der Waals surface area contributed by atoms with Crippen LogP contribution in [0.3, 0.4) is 0 Å². The van der Waals surface area contributed by atoms with Crippen LogP contribution < -0.4 is 20.3 Å². The molecule has 0 radical (unpaired) electrons. The fraction of sp³-hybridized carbons (Fsp3) is 0.364. The molecule has 9 heteroatoms. The van der Waals surface area contributed by atoms with Crippen LogP contribution in [0.4, 0.5) is 22.7 Å². The molecule has 0 aromatic heterocycles. The van der Waals surface area contributed by atoms with Crippen LogP contribution in [-0.2, 0) is 9.59 Å². The largest absolute Gasteiger partial charge is 0.482 e. The number of carbonyl (C=O) groups is 2. The molecule has 162 valence electrons. The molecule has 0 atom stereocenters. The molecule has 2 aliphatic rings. The zero-order chi connectivity index (χ0) is 21.8. The molecule has 1 aliphatic carbocycles. The summed E-state index contributed by atoms with van der Waals surface area (Å²) in [7, 11) is 0. The van der Waals surface area contributed by atoms with Gasteiger partial charge in [-0.05, 0) is 43.2 Å². The van der Waals surface area contributed by atoms with Crippen molar-refractivity contribution in [2.24, 2.45) is 0 Å². The molecule has 0 spiro atoms. The summed E-state index contributed by atoms with van der Waals surface area (Å²) >= 11 is 0. The van der Waals surface area contributed by atoms with Crippen molar-refractivity contribution in [1.82, 2.24) is 0 Å². The summed E-state index contributed by atoms with van der Waals surface area (Å²) in [5, 5.41) is 17.4. The number of amides is 2. The Labute approximate surface area is 179 Å². The van der Waals surface area contributed by atoms with Gasteiger partial charge in [0.1, 0.15) is 12.3 Å². The monoisotopic (exact) mass is 424 g/mol. The molecule has 4 rings (SSSR count). The first-order chi connectivity index (χ1) is 15.0. The lowest BCUT2D eigenvalue weighted by Gasteiger charge is -2.28. The van der Waals surface area contributed by atoms with Crippen molar-refractivity contribution in [2.75, 3.05) is 28.7 Å². The first kappa shape index (κ1) is 20.6. The molecule has 2 N–H and O–H groups in total. The molecular formula is C22H24N4O5. The molecule has 0 bridgehead atoms. The van der Waals surface area contributed by atoms with E-state index in [1.807, 2.05) is 24.3 Å². The Bertz CT molecular complexity index is 986. The van der Waals surface area contributed by atoms with Gasteiger partial charge in [-0.15, -0.1) is 0 Å². The highest BCUT2D eigenvalue weighted by Crippen LogP contribution is 2.35. The number of nitrogens with one attached hydrogen (secondary N) is 2. The van der Waals surface area contributed by atoms with E-state index in [0.29, 0.717) is 17.5 Å². The van der Waals surface area contributed by atoms with E-state index in [1.54, 1.807) is 0 Å². The Morgan fingerprint density at radius 1 is 1.10 bits per heavy atom. The number of benzene rings is 2. The minimum Gasteiger partial charge on any atom is -0.482 e. The third-order valence-electron chi connectivity index (χ3n) is 5.54. The minimum atomic E-state index is -0.555. The highest BCUT2D eigenvalue weighted by atomic mass is 16.6. The Balaban J connectivity index is 1.40. The third kappa shape index (κ3) is 4.93. The lowest BCUT2D eigenvalue weighted by Crippen LogP contribution is -2.43. The molecule has 31 heavy (non-hydrogen) atoms. The van der Waals surface area contributed by atoms with E-state index in [9.17, 15) is 19.7 Å². The van der Waals surface area contributed by atoms with E-state index in [4.69, 9.17) is 4.74 Å². The maximum atomic E-state index is 12.6. The van der Waals surface area contributed by atoms with Gasteiger partial charge in [0.05, 0.1) is 10.6 Å². The quantitative estimate of drug-likeness (QED) is 0.540. The van der Waals surface area contributed by atoms with Crippen LogP contribution in [0.2, 0.25) is 0 Å². The predicted molar refractivity (Wildman–Crippen MR) is 117 cm³/mol. The van der Waals surface area contributed by atoms with E-state index < -0.39 is 16.7 Å². The number of hydrogen-bond acceptors (Lipinski definition) is 6. The molecule has 0 saturated heterocycles. The van der Waals surface area contributed by atoms with Crippen molar-refractivity contribution in [3.63, 3.8) is 0 Å². The summed E-state index contributed by atoms with van der Waals surface area (Å²) in [6.45, 7) is -0.488. The van der Waals surface area contributed by atoms with E-state index in [-0.39, 0.29) is 24.5 Å². The average molecular weight is 424 g/mol. The first-order valence-corrected chi connectivity index (χ1v) is 10.4. The van der Waals surface area contributed by atoms with Crippen LogP contribution in [0, 0.1) is 10.1 Å². The number of nitro benzene ring substituents is 1. The number of non-ortho nitro benzene ring substituents is 1. The maximum Gasteiger partial charge on any atom is 0.271 e. The van der Waals surface area contributed by atoms with Gasteiger partial charge in [-0.3, -0.25) is 24.6 Å². The van der Waals surface area contributed by atoms with Crippen LogP contribution in [0.1, 0.15) is 32.1 Å². The zero-order valence-electron chi connectivity index (χ0n) is 17.0. The van der Waals surface area contributed by atoms with E-state index >= 15 is 0 Å². The first-order valence-electron chi connectivity index (χ1n) is 10.4. The van der Waals surface area contributed by atoms with Crippen LogP contribution in [0.5, 0.6) is 5.75 Å². The van der Waals surface area contributed by atoms with E-state index in [1.165, 1.54) is 55.2 Å². The number of fused-ring (bicyclic) bond motifs is 1. The number of nitro groups is 1. The molecule has 2 aromatic carbocycles. The number of hydrogen-bond donors (Lipinski definition) is 2. The fourth-order valence-corrected chi connectivity index (χ4v) is 3.95. The number of ether oxygens (including phenoxy) is 1. The smallest absolute Gasteiger partial charge is 0.271 e. The second kappa shape index (κ2) is 9.03. The van der Waals surface area contributed by atoms with Crippen LogP contribution in [-0.4, -0.2) is 35.9 Å². The van der Waals surface area contributed by atoms with Gasteiger partial charge in [0.15, 0.2) is 6.61 Å². The summed E-state index contributed by atoms with van der Waals surface area (Å²) < 4.78 is 5.32. The van der Waals surface area contributed by atoms with Crippen molar-refractivity contribution in [3.05, 3.63) is 52.6 Å². The summed E-state index contributed by atoms with van der Waals surface area (Å²) in [4.78, 5) is 36.6. The number of nitrogens with zero attached hydrogens (tertiary/aromatic N) is 2. The van der Waals surface area contributed by atoms with Crippen LogP contribution >= 0.6 is 0 Å². The Morgan fingerprint density at radius 3 is 2.52 bits per heavy atom. The average Bonchev–Trinajstić information content (AvgIpc) is 2.77. The molecular weight excluding hydrogens is 400 g/mol. The topological polar surface area (TPSA) is 114 Å². The van der Waals surface area contributed by atoms with Gasteiger partial charge in [-0.2, -0.15) is 0 Å². The minimum absolute atomic E-state index is 0.177. The van der Waals surface area contributed by atoms with Crippen molar-refractivity contribution in [1.29, 1.82) is 0 Å².